The zero-order valence-electron chi connectivity index (χ0n) is 14.3. The standard InChI is InChI=1S/C18H18ClN3O3S/c1-13-17(18(19)22(2)20-13)26(23,24)21-15-9-6-10-16(11-15)25-12-14-7-4-3-5-8-14/h3-11,21H,12H2,1-2H3. The van der Waals surface area contributed by atoms with E-state index in [9.17, 15) is 8.42 Å². The molecule has 0 spiro atoms. The average molecular weight is 392 g/mol. The number of benzene rings is 2. The Balaban J connectivity index is 1.78. The Morgan fingerprint density at radius 1 is 1.15 bits per heavy atom. The van der Waals surface area contributed by atoms with E-state index in [1.165, 1.54) is 4.68 Å². The zero-order chi connectivity index (χ0) is 18.7. The highest BCUT2D eigenvalue weighted by Gasteiger charge is 2.25. The maximum Gasteiger partial charge on any atom is 0.266 e. The van der Waals surface area contributed by atoms with E-state index in [4.69, 9.17) is 16.3 Å². The number of hydrogen-bond acceptors (Lipinski definition) is 4. The molecule has 0 aliphatic heterocycles. The summed E-state index contributed by atoms with van der Waals surface area (Å²) in [6.45, 7) is 1.99. The fourth-order valence-electron chi connectivity index (χ4n) is 2.51. The maximum atomic E-state index is 12.7. The summed E-state index contributed by atoms with van der Waals surface area (Å²) in [5, 5.41) is 4.10. The van der Waals surface area contributed by atoms with Gasteiger partial charge in [-0.05, 0) is 24.6 Å². The second-order valence-electron chi connectivity index (χ2n) is 5.74. The van der Waals surface area contributed by atoms with Crippen molar-refractivity contribution in [3.8, 4) is 5.75 Å². The molecule has 1 aromatic heterocycles. The molecule has 0 fully saturated rings. The molecule has 1 N–H and O–H groups in total. The number of nitrogens with one attached hydrogen (secondary N) is 1. The van der Waals surface area contributed by atoms with Gasteiger partial charge in [0.25, 0.3) is 10.0 Å². The van der Waals surface area contributed by atoms with Crippen molar-refractivity contribution >= 4 is 27.3 Å². The highest BCUT2D eigenvalue weighted by molar-refractivity contribution is 7.92. The van der Waals surface area contributed by atoms with Gasteiger partial charge in [0.1, 0.15) is 22.4 Å². The van der Waals surface area contributed by atoms with Gasteiger partial charge in [-0.1, -0.05) is 48.0 Å². The molecule has 136 valence electrons. The Morgan fingerprint density at radius 2 is 1.88 bits per heavy atom. The van der Waals surface area contributed by atoms with Crippen molar-refractivity contribution in [1.29, 1.82) is 0 Å². The minimum atomic E-state index is -3.86. The molecule has 2 aromatic carbocycles. The van der Waals surface area contributed by atoms with Gasteiger partial charge in [-0.3, -0.25) is 9.40 Å². The molecular weight excluding hydrogens is 374 g/mol. The van der Waals surface area contributed by atoms with Crippen LogP contribution < -0.4 is 9.46 Å². The van der Waals surface area contributed by atoms with Crippen molar-refractivity contribution in [2.45, 2.75) is 18.4 Å². The molecule has 0 aliphatic carbocycles. The average Bonchev–Trinajstić information content (AvgIpc) is 2.86. The second kappa shape index (κ2) is 7.39. The first-order valence-corrected chi connectivity index (χ1v) is 9.71. The van der Waals surface area contributed by atoms with Crippen LogP contribution in [0.15, 0.2) is 59.5 Å². The predicted molar refractivity (Wildman–Crippen MR) is 101 cm³/mol. The zero-order valence-corrected chi connectivity index (χ0v) is 15.9. The lowest BCUT2D eigenvalue weighted by molar-refractivity contribution is 0.306. The molecule has 0 atom stereocenters. The molecular formula is C18H18ClN3O3S. The lowest BCUT2D eigenvalue weighted by atomic mass is 10.2. The first-order chi connectivity index (χ1) is 12.4. The Bertz CT molecular complexity index is 1020. The molecule has 8 heteroatoms. The fourth-order valence-corrected chi connectivity index (χ4v) is 4.31. The number of ether oxygens (including phenoxy) is 1. The molecule has 0 aliphatic rings. The van der Waals surface area contributed by atoms with Crippen LogP contribution in [0, 0.1) is 6.92 Å². The quantitative estimate of drug-likeness (QED) is 0.694. The van der Waals surface area contributed by atoms with Crippen molar-refractivity contribution in [2.75, 3.05) is 4.72 Å². The van der Waals surface area contributed by atoms with Gasteiger partial charge in [-0.25, -0.2) is 8.42 Å². The minimum absolute atomic E-state index is 0.0303. The summed E-state index contributed by atoms with van der Waals surface area (Å²) < 4.78 is 34.9. The molecule has 6 nitrogen and oxygen atoms in total. The van der Waals surface area contributed by atoms with Crippen LogP contribution >= 0.6 is 11.6 Å². The summed E-state index contributed by atoms with van der Waals surface area (Å²) in [4.78, 5) is -0.0303. The number of rotatable bonds is 6. The van der Waals surface area contributed by atoms with E-state index in [1.807, 2.05) is 30.3 Å². The molecule has 1 heterocycles. The lowest BCUT2D eigenvalue weighted by Gasteiger charge is -2.10. The van der Waals surface area contributed by atoms with Crippen LogP contribution in [0.25, 0.3) is 0 Å². The molecule has 0 amide bonds. The van der Waals surface area contributed by atoms with Gasteiger partial charge in [0.05, 0.1) is 11.4 Å². The van der Waals surface area contributed by atoms with Crippen molar-refractivity contribution in [2.24, 2.45) is 7.05 Å². The van der Waals surface area contributed by atoms with E-state index < -0.39 is 10.0 Å². The van der Waals surface area contributed by atoms with Gasteiger partial charge in [0.15, 0.2) is 0 Å². The van der Waals surface area contributed by atoms with Crippen LogP contribution in [0.4, 0.5) is 5.69 Å². The van der Waals surface area contributed by atoms with Crippen LogP contribution in [-0.2, 0) is 23.7 Å². The van der Waals surface area contributed by atoms with E-state index in [0.717, 1.165) is 5.56 Å². The van der Waals surface area contributed by atoms with E-state index in [2.05, 4.69) is 9.82 Å². The Hall–Kier alpha value is -2.51. The van der Waals surface area contributed by atoms with Crippen LogP contribution in [0.1, 0.15) is 11.3 Å². The third-order valence-corrected chi connectivity index (χ3v) is 5.78. The van der Waals surface area contributed by atoms with E-state index in [1.54, 1.807) is 38.2 Å². The molecule has 0 saturated carbocycles. The number of aromatic nitrogens is 2. The maximum absolute atomic E-state index is 12.7. The van der Waals surface area contributed by atoms with Crippen LogP contribution in [-0.4, -0.2) is 18.2 Å². The number of sulfonamides is 1. The fraction of sp³-hybridized carbons (Fsp3) is 0.167. The Labute approximate surface area is 157 Å². The summed E-state index contributed by atoms with van der Waals surface area (Å²) >= 11 is 6.07. The summed E-state index contributed by atoms with van der Waals surface area (Å²) in [5.74, 6) is 0.558. The van der Waals surface area contributed by atoms with Crippen LogP contribution in [0.5, 0.6) is 5.75 Å². The summed E-state index contributed by atoms with van der Waals surface area (Å²) in [6.07, 6.45) is 0. The third-order valence-electron chi connectivity index (χ3n) is 3.70. The van der Waals surface area contributed by atoms with Crippen molar-refractivity contribution in [3.05, 3.63) is 71.0 Å². The smallest absolute Gasteiger partial charge is 0.266 e. The summed E-state index contributed by atoms with van der Waals surface area (Å²) in [7, 11) is -2.27. The Morgan fingerprint density at radius 3 is 2.54 bits per heavy atom. The monoisotopic (exact) mass is 391 g/mol. The first kappa shape index (κ1) is 18.3. The Kier molecular flexibility index (Phi) is 5.20. The van der Waals surface area contributed by atoms with Gasteiger partial charge in [-0.2, -0.15) is 5.10 Å². The highest BCUT2D eigenvalue weighted by atomic mass is 35.5. The summed E-state index contributed by atoms with van der Waals surface area (Å²) in [6, 6.07) is 16.5. The largest absolute Gasteiger partial charge is 0.489 e. The number of anilines is 1. The van der Waals surface area contributed by atoms with E-state index in [0.29, 0.717) is 23.7 Å². The molecule has 0 bridgehead atoms. The molecule has 0 unspecified atom stereocenters. The second-order valence-corrected chi connectivity index (χ2v) is 7.71. The van der Waals surface area contributed by atoms with Crippen LogP contribution in [0.2, 0.25) is 5.15 Å². The SMILES string of the molecule is Cc1nn(C)c(Cl)c1S(=O)(=O)Nc1cccc(OCc2ccccc2)c1. The first-order valence-electron chi connectivity index (χ1n) is 7.85. The van der Waals surface area contributed by atoms with Crippen LogP contribution in [0.3, 0.4) is 0 Å². The van der Waals surface area contributed by atoms with E-state index >= 15 is 0 Å². The summed E-state index contributed by atoms with van der Waals surface area (Å²) in [5.41, 5.74) is 1.74. The molecule has 0 radical (unpaired) electrons. The molecule has 3 aromatic rings. The van der Waals surface area contributed by atoms with Gasteiger partial charge >= 0.3 is 0 Å². The number of nitrogens with zero attached hydrogens (tertiary/aromatic N) is 2. The van der Waals surface area contributed by atoms with Gasteiger partial charge in [0.2, 0.25) is 0 Å². The topological polar surface area (TPSA) is 73.2 Å². The number of halogens is 1. The van der Waals surface area contributed by atoms with Gasteiger partial charge in [0, 0.05) is 13.1 Å². The highest BCUT2D eigenvalue weighted by Crippen LogP contribution is 2.27. The normalized spacial score (nSPS) is 11.3. The number of hydrogen-bond donors (Lipinski definition) is 1. The third kappa shape index (κ3) is 4.00. The molecule has 3 rings (SSSR count). The number of aryl methyl sites for hydroxylation is 2. The lowest BCUT2D eigenvalue weighted by Crippen LogP contribution is -2.14. The van der Waals surface area contributed by atoms with Crippen molar-refractivity contribution in [3.63, 3.8) is 0 Å². The van der Waals surface area contributed by atoms with Gasteiger partial charge < -0.3 is 4.74 Å². The molecule has 26 heavy (non-hydrogen) atoms. The molecule has 0 saturated heterocycles. The van der Waals surface area contributed by atoms with Crippen molar-refractivity contribution < 1.29 is 13.2 Å². The van der Waals surface area contributed by atoms with Gasteiger partial charge in [-0.15, -0.1) is 0 Å². The van der Waals surface area contributed by atoms with E-state index in [-0.39, 0.29) is 10.0 Å². The minimum Gasteiger partial charge on any atom is -0.489 e. The van der Waals surface area contributed by atoms with Crippen molar-refractivity contribution in [1.82, 2.24) is 9.78 Å². The predicted octanol–water partition coefficient (Wildman–Crippen LogP) is 3.76.